The SMILES string of the molecule is Cc1cccc(NCc2c(Cl)c(C)nn2C)c1C. The van der Waals surface area contributed by atoms with Crippen LogP contribution < -0.4 is 5.32 Å². The van der Waals surface area contributed by atoms with Gasteiger partial charge in [-0.1, -0.05) is 23.7 Å². The second-order valence-electron chi connectivity index (χ2n) is 4.57. The molecule has 1 N–H and O–H groups in total. The van der Waals surface area contributed by atoms with Crippen LogP contribution in [0.5, 0.6) is 0 Å². The van der Waals surface area contributed by atoms with Gasteiger partial charge in [-0.25, -0.2) is 0 Å². The van der Waals surface area contributed by atoms with Gasteiger partial charge in [-0.05, 0) is 38.0 Å². The van der Waals surface area contributed by atoms with Crippen molar-refractivity contribution in [1.82, 2.24) is 9.78 Å². The zero-order valence-electron chi connectivity index (χ0n) is 11.2. The van der Waals surface area contributed by atoms with E-state index < -0.39 is 0 Å². The number of aryl methyl sites for hydroxylation is 3. The fourth-order valence-corrected chi connectivity index (χ4v) is 2.22. The molecule has 0 unspecified atom stereocenters. The third kappa shape index (κ3) is 2.36. The maximum atomic E-state index is 6.23. The minimum absolute atomic E-state index is 0.681. The fraction of sp³-hybridized carbons (Fsp3) is 0.357. The molecule has 0 radical (unpaired) electrons. The molecule has 0 atom stereocenters. The van der Waals surface area contributed by atoms with E-state index in [1.807, 2.05) is 18.7 Å². The summed E-state index contributed by atoms with van der Waals surface area (Å²) in [5.74, 6) is 0. The molecule has 0 aliphatic heterocycles. The van der Waals surface area contributed by atoms with Crippen LogP contribution >= 0.6 is 11.6 Å². The number of halogens is 1. The first-order chi connectivity index (χ1) is 8.50. The molecule has 96 valence electrons. The van der Waals surface area contributed by atoms with E-state index in [2.05, 4.69) is 42.5 Å². The van der Waals surface area contributed by atoms with Gasteiger partial charge in [0.15, 0.2) is 0 Å². The Labute approximate surface area is 113 Å². The van der Waals surface area contributed by atoms with Crippen molar-refractivity contribution in [3.8, 4) is 0 Å². The summed E-state index contributed by atoms with van der Waals surface area (Å²) in [6.07, 6.45) is 0. The van der Waals surface area contributed by atoms with Crippen molar-refractivity contribution in [3.05, 3.63) is 45.7 Å². The molecular formula is C14H18ClN3. The van der Waals surface area contributed by atoms with Crippen LogP contribution in [0.1, 0.15) is 22.5 Å². The van der Waals surface area contributed by atoms with E-state index >= 15 is 0 Å². The lowest BCUT2D eigenvalue weighted by Gasteiger charge is -2.11. The topological polar surface area (TPSA) is 29.9 Å². The Morgan fingerprint density at radius 2 is 2.00 bits per heavy atom. The summed E-state index contributed by atoms with van der Waals surface area (Å²) < 4.78 is 1.83. The van der Waals surface area contributed by atoms with Crippen molar-refractivity contribution in [3.63, 3.8) is 0 Å². The Hall–Kier alpha value is -1.48. The highest BCUT2D eigenvalue weighted by Gasteiger charge is 2.11. The molecule has 1 aromatic heterocycles. The number of rotatable bonds is 3. The Balaban J connectivity index is 2.19. The van der Waals surface area contributed by atoms with Crippen molar-refractivity contribution in [2.45, 2.75) is 27.3 Å². The monoisotopic (exact) mass is 263 g/mol. The first-order valence-corrected chi connectivity index (χ1v) is 6.36. The Morgan fingerprint density at radius 3 is 2.61 bits per heavy atom. The maximum Gasteiger partial charge on any atom is 0.0865 e. The van der Waals surface area contributed by atoms with Crippen molar-refractivity contribution in [2.24, 2.45) is 7.05 Å². The summed E-state index contributed by atoms with van der Waals surface area (Å²) in [7, 11) is 1.92. The molecule has 0 aliphatic rings. The molecule has 0 saturated carbocycles. The fourth-order valence-electron chi connectivity index (χ4n) is 1.99. The molecule has 0 saturated heterocycles. The van der Waals surface area contributed by atoms with Crippen molar-refractivity contribution >= 4 is 17.3 Å². The van der Waals surface area contributed by atoms with Gasteiger partial charge in [-0.15, -0.1) is 0 Å². The van der Waals surface area contributed by atoms with Gasteiger partial charge in [0.25, 0.3) is 0 Å². The van der Waals surface area contributed by atoms with Crippen molar-refractivity contribution in [2.75, 3.05) is 5.32 Å². The Bertz CT molecular complexity index is 573. The van der Waals surface area contributed by atoms with E-state index in [-0.39, 0.29) is 0 Å². The zero-order chi connectivity index (χ0) is 13.3. The number of hydrogen-bond acceptors (Lipinski definition) is 2. The number of anilines is 1. The predicted octanol–water partition coefficient (Wildman–Crippen LogP) is 3.61. The summed E-state index contributed by atoms with van der Waals surface area (Å²) in [6, 6.07) is 6.25. The van der Waals surface area contributed by atoms with E-state index in [4.69, 9.17) is 11.6 Å². The predicted molar refractivity (Wildman–Crippen MR) is 76.2 cm³/mol. The minimum atomic E-state index is 0.681. The molecular weight excluding hydrogens is 246 g/mol. The van der Waals surface area contributed by atoms with Gasteiger partial charge in [0.05, 0.1) is 23.0 Å². The van der Waals surface area contributed by atoms with Crippen LogP contribution in [0.3, 0.4) is 0 Å². The molecule has 1 aromatic carbocycles. The highest BCUT2D eigenvalue weighted by molar-refractivity contribution is 6.31. The lowest BCUT2D eigenvalue weighted by atomic mass is 10.1. The standard InChI is InChI=1S/C14H18ClN3/c1-9-6-5-7-12(10(9)2)16-8-13-14(15)11(3)17-18(13)4/h5-7,16H,8H2,1-4H3. The van der Waals surface area contributed by atoms with Crippen LogP contribution in [0.15, 0.2) is 18.2 Å². The minimum Gasteiger partial charge on any atom is -0.379 e. The number of hydrogen-bond donors (Lipinski definition) is 1. The van der Waals surface area contributed by atoms with Gasteiger partial charge >= 0.3 is 0 Å². The third-order valence-electron chi connectivity index (χ3n) is 3.31. The second-order valence-corrected chi connectivity index (χ2v) is 4.95. The third-order valence-corrected chi connectivity index (χ3v) is 3.80. The van der Waals surface area contributed by atoms with Gasteiger partial charge in [0, 0.05) is 12.7 Å². The summed E-state index contributed by atoms with van der Waals surface area (Å²) in [6.45, 7) is 6.83. The zero-order valence-corrected chi connectivity index (χ0v) is 12.0. The molecule has 0 fully saturated rings. The van der Waals surface area contributed by atoms with Crippen LogP contribution in [-0.4, -0.2) is 9.78 Å². The van der Waals surface area contributed by atoms with Gasteiger partial charge in [-0.2, -0.15) is 5.10 Å². The van der Waals surface area contributed by atoms with E-state index in [1.165, 1.54) is 11.1 Å². The number of benzene rings is 1. The number of nitrogens with zero attached hydrogens (tertiary/aromatic N) is 2. The van der Waals surface area contributed by atoms with Gasteiger partial charge in [-0.3, -0.25) is 4.68 Å². The van der Waals surface area contributed by atoms with Crippen molar-refractivity contribution < 1.29 is 0 Å². The summed E-state index contributed by atoms with van der Waals surface area (Å²) >= 11 is 6.23. The van der Waals surface area contributed by atoms with Crippen molar-refractivity contribution in [1.29, 1.82) is 0 Å². The smallest absolute Gasteiger partial charge is 0.0865 e. The molecule has 0 amide bonds. The molecule has 1 heterocycles. The van der Waals surface area contributed by atoms with E-state index in [0.717, 1.165) is 22.1 Å². The second kappa shape index (κ2) is 5.02. The maximum absolute atomic E-state index is 6.23. The summed E-state index contributed by atoms with van der Waals surface area (Å²) in [5, 5.41) is 8.47. The number of aromatic nitrogens is 2. The highest BCUT2D eigenvalue weighted by atomic mass is 35.5. The Morgan fingerprint density at radius 1 is 1.28 bits per heavy atom. The average Bonchev–Trinajstić information content (AvgIpc) is 2.56. The van der Waals surface area contributed by atoms with Gasteiger partial charge < -0.3 is 5.32 Å². The summed E-state index contributed by atoms with van der Waals surface area (Å²) in [4.78, 5) is 0. The molecule has 4 heteroatoms. The lowest BCUT2D eigenvalue weighted by Crippen LogP contribution is -2.07. The molecule has 18 heavy (non-hydrogen) atoms. The van der Waals surface area contributed by atoms with E-state index in [9.17, 15) is 0 Å². The highest BCUT2D eigenvalue weighted by Crippen LogP contribution is 2.22. The molecule has 2 aromatic rings. The average molecular weight is 264 g/mol. The van der Waals surface area contributed by atoms with Crippen LogP contribution in [-0.2, 0) is 13.6 Å². The molecule has 2 rings (SSSR count). The van der Waals surface area contributed by atoms with E-state index in [0.29, 0.717) is 6.54 Å². The quantitative estimate of drug-likeness (QED) is 0.917. The Kier molecular flexibility index (Phi) is 3.62. The van der Waals surface area contributed by atoms with Gasteiger partial charge in [0.2, 0.25) is 0 Å². The normalized spacial score (nSPS) is 10.7. The van der Waals surface area contributed by atoms with E-state index in [1.54, 1.807) is 0 Å². The van der Waals surface area contributed by atoms with Crippen LogP contribution in [0.25, 0.3) is 0 Å². The summed E-state index contributed by atoms with van der Waals surface area (Å²) in [5.41, 5.74) is 5.58. The number of nitrogens with one attached hydrogen (secondary N) is 1. The van der Waals surface area contributed by atoms with Crippen LogP contribution in [0.2, 0.25) is 5.02 Å². The first kappa shape index (κ1) is 13.0. The molecule has 0 aliphatic carbocycles. The largest absolute Gasteiger partial charge is 0.379 e. The lowest BCUT2D eigenvalue weighted by molar-refractivity contribution is 0.713. The van der Waals surface area contributed by atoms with Crippen LogP contribution in [0, 0.1) is 20.8 Å². The molecule has 0 bridgehead atoms. The first-order valence-electron chi connectivity index (χ1n) is 5.98. The van der Waals surface area contributed by atoms with Gasteiger partial charge in [0.1, 0.15) is 0 Å². The molecule has 3 nitrogen and oxygen atoms in total. The molecule has 0 spiro atoms. The van der Waals surface area contributed by atoms with Crippen LogP contribution in [0.4, 0.5) is 5.69 Å².